The summed E-state index contributed by atoms with van der Waals surface area (Å²) >= 11 is 0. The summed E-state index contributed by atoms with van der Waals surface area (Å²) in [5.41, 5.74) is -1.32. The van der Waals surface area contributed by atoms with Crippen molar-refractivity contribution in [2.75, 3.05) is 6.61 Å². The van der Waals surface area contributed by atoms with E-state index in [1.165, 1.54) is 83.5 Å². The molecule has 0 N–H and O–H groups in total. The first kappa shape index (κ1) is 32.4. The topological polar surface area (TPSA) is 57.2 Å². The molecule has 2 saturated heterocycles. The van der Waals surface area contributed by atoms with E-state index in [-0.39, 0.29) is 24.3 Å². The molecule has 6 nitrogen and oxygen atoms in total. The molecule has 0 aromatic carbocycles. The highest BCUT2D eigenvalue weighted by Crippen LogP contribution is 2.39. The van der Waals surface area contributed by atoms with Crippen LogP contribution in [-0.2, 0) is 18.9 Å². The fourth-order valence-electron chi connectivity index (χ4n) is 5.69. The zero-order valence-electron chi connectivity index (χ0n) is 25.5. The second-order valence-electron chi connectivity index (χ2n) is 13.2. The standard InChI is InChI=1S/C31H59NO5/c1-9-10-11-12-13-14-15-16-17-18-19-20-21-22-23-26-27(36-31(7,8)35-26)25-24-34-30(5,6)32(25)28(33)37-29(2,3)4/h25-27H,9-24H2,1-8H3/t25-,26+,27-/m0/s1. The minimum atomic E-state index is -0.747. The van der Waals surface area contributed by atoms with Gasteiger partial charge >= 0.3 is 6.09 Å². The summed E-state index contributed by atoms with van der Waals surface area (Å²) in [6, 6.07) is -0.233. The van der Waals surface area contributed by atoms with Crippen LogP contribution in [0.15, 0.2) is 0 Å². The fourth-order valence-corrected chi connectivity index (χ4v) is 5.69. The van der Waals surface area contributed by atoms with Gasteiger partial charge in [0, 0.05) is 0 Å². The summed E-state index contributed by atoms with van der Waals surface area (Å²) in [6.07, 6.45) is 19.2. The van der Waals surface area contributed by atoms with Crippen molar-refractivity contribution in [2.24, 2.45) is 0 Å². The molecule has 3 atom stereocenters. The second-order valence-corrected chi connectivity index (χ2v) is 13.2. The van der Waals surface area contributed by atoms with E-state index in [0.29, 0.717) is 6.61 Å². The van der Waals surface area contributed by atoms with E-state index in [2.05, 4.69) is 6.92 Å². The van der Waals surface area contributed by atoms with Crippen LogP contribution in [0.3, 0.4) is 0 Å². The Morgan fingerprint density at radius 1 is 0.811 bits per heavy atom. The third-order valence-corrected chi connectivity index (χ3v) is 7.55. The molecule has 2 aliphatic rings. The molecule has 218 valence electrons. The predicted octanol–water partition coefficient (Wildman–Crippen LogP) is 8.75. The molecular weight excluding hydrogens is 466 g/mol. The van der Waals surface area contributed by atoms with Crippen molar-refractivity contribution >= 4 is 6.09 Å². The van der Waals surface area contributed by atoms with Crippen LogP contribution in [0, 0.1) is 0 Å². The molecule has 0 radical (unpaired) electrons. The number of ether oxygens (including phenoxy) is 4. The lowest BCUT2D eigenvalue weighted by Crippen LogP contribution is -2.55. The van der Waals surface area contributed by atoms with Gasteiger partial charge in [-0.2, -0.15) is 0 Å². The lowest BCUT2D eigenvalue weighted by molar-refractivity contribution is -0.151. The van der Waals surface area contributed by atoms with E-state index in [4.69, 9.17) is 18.9 Å². The van der Waals surface area contributed by atoms with Gasteiger partial charge in [-0.15, -0.1) is 0 Å². The maximum Gasteiger partial charge on any atom is 0.412 e. The minimum Gasteiger partial charge on any atom is -0.444 e. The Morgan fingerprint density at radius 2 is 1.30 bits per heavy atom. The first-order chi connectivity index (χ1) is 17.4. The first-order valence-electron chi connectivity index (χ1n) is 15.4. The largest absolute Gasteiger partial charge is 0.444 e. The predicted molar refractivity (Wildman–Crippen MR) is 151 cm³/mol. The van der Waals surface area contributed by atoms with Crippen molar-refractivity contribution in [1.29, 1.82) is 0 Å². The number of rotatable bonds is 16. The Morgan fingerprint density at radius 3 is 1.78 bits per heavy atom. The first-order valence-corrected chi connectivity index (χ1v) is 15.4. The van der Waals surface area contributed by atoms with E-state index < -0.39 is 17.1 Å². The lowest BCUT2D eigenvalue weighted by Gasteiger charge is -2.37. The molecule has 0 aromatic heterocycles. The molecule has 0 aliphatic carbocycles. The quantitative estimate of drug-likeness (QED) is 0.189. The van der Waals surface area contributed by atoms with Crippen LogP contribution in [0.2, 0.25) is 0 Å². The maximum atomic E-state index is 13.1. The number of hydrogen-bond acceptors (Lipinski definition) is 5. The van der Waals surface area contributed by atoms with E-state index in [0.717, 1.165) is 12.8 Å². The Hall–Kier alpha value is -0.850. The summed E-state index contributed by atoms with van der Waals surface area (Å²) in [4.78, 5) is 14.9. The normalized spacial score (nSPS) is 25.1. The molecule has 0 unspecified atom stereocenters. The van der Waals surface area contributed by atoms with Gasteiger partial charge in [0.1, 0.15) is 17.4 Å². The number of hydrogen-bond donors (Lipinski definition) is 0. The number of carbonyl (C=O) groups excluding carboxylic acids is 1. The Kier molecular flexibility index (Phi) is 13.2. The van der Waals surface area contributed by atoms with Crippen molar-refractivity contribution in [2.45, 2.75) is 187 Å². The molecule has 0 saturated carbocycles. The van der Waals surface area contributed by atoms with Gasteiger partial charge in [-0.1, -0.05) is 96.8 Å². The van der Waals surface area contributed by atoms with Crippen LogP contribution in [0.5, 0.6) is 0 Å². The maximum absolute atomic E-state index is 13.1. The van der Waals surface area contributed by atoms with Crippen LogP contribution < -0.4 is 0 Å². The third-order valence-electron chi connectivity index (χ3n) is 7.55. The summed E-state index contributed by atoms with van der Waals surface area (Å²) < 4.78 is 24.5. The van der Waals surface area contributed by atoms with Gasteiger partial charge < -0.3 is 18.9 Å². The molecule has 1 amide bonds. The van der Waals surface area contributed by atoms with Crippen molar-refractivity contribution in [3.63, 3.8) is 0 Å². The van der Waals surface area contributed by atoms with Crippen molar-refractivity contribution in [1.82, 2.24) is 4.90 Å². The average Bonchev–Trinajstić information content (AvgIpc) is 3.27. The molecule has 2 aliphatic heterocycles. The van der Waals surface area contributed by atoms with Crippen LogP contribution in [0.25, 0.3) is 0 Å². The Bertz CT molecular complexity index is 656. The molecule has 0 spiro atoms. The van der Waals surface area contributed by atoms with Gasteiger partial charge in [-0.25, -0.2) is 4.79 Å². The summed E-state index contributed by atoms with van der Waals surface area (Å²) in [7, 11) is 0. The molecule has 37 heavy (non-hydrogen) atoms. The van der Waals surface area contributed by atoms with Crippen LogP contribution in [0.4, 0.5) is 4.79 Å². The minimum absolute atomic E-state index is 0.0558. The highest BCUT2D eigenvalue weighted by Gasteiger charge is 2.54. The van der Waals surface area contributed by atoms with Crippen LogP contribution >= 0.6 is 0 Å². The van der Waals surface area contributed by atoms with Crippen LogP contribution in [-0.4, -0.2) is 53.0 Å². The van der Waals surface area contributed by atoms with Gasteiger partial charge in [0.05, 0.1) is 18.8 Å². The molecule has 0 aromatic rings. The summed E-state index contributed by atoms with van der Waals surface area (Å²) in [6.45, 7) is 16.1. The molecule has 6 heteroatoms. The highest BCUT2D eigenvalue weighted by atomic mass is 16.8. The van der Waals surface area contributed by atoms with Gasteiger partial charge in [0.25, 0.3) is 0 Å². The van der Waals surface area contributed by atoms with Crippen LogP contribution in [0.1, 0.15) is 152 Å². The van der Waals surface area contributed by atoms with Gasteiger partial charge in [0.2, 0.25) is 0 Å². The average molecular weight is 526 g/mol. The molecular formula is C31H59NO5. The van der Waals surface area contributed by atoms with E-state index in [1.807, 2.05) is 48.5 Å². The summed E-state index contributed by atoms with van der Waals surface area (Å²) in [5, 5.41) is 0. The molecule has 2 heterocycles. The second kappa shape index (κ2) is 15.1. The fraction of sp³-hybridized carbons (Fsp3) is 0.968. The van der Waals surface area contributed by atoms with E-state index >= 15 is 0 Å². The van der Waals surface area contributed by atoms with Crippen molar-refractivity contribution in [3.8, 4) is 0 Å². The number of amides is 1. The van der Waals surface area contributed by atoms with Gasteiger partial charge in [0.15, 0.2) is 5.79 Å². The molecule has 2 rings (SSSR count). The Labute approximate surface area is 228 Å². The number of carbonyl (C=O) groups is 1. The van der Waals surface area contributed by atoms with Gasteiger partial charge in [-0.3, -0.25) is 4.90 Å². The Balaban J connectivity index is 1.72. The van der Waals surface area contributed by atoms with E-state index in [1.54, 1.807) is 4.90 Å². The summed E-state index contributed by atoms with van der Waals surface area (Å²) in [5.74, 6) is -0.669. The van der Waals surface area contributed by atoms with Crippen molar-refractivity contribution < 1.29 is 23.7 Å². The zero-order chi connectivity index (χ0) is 27.5. The molecule has 2 fully saturated rings. The lowest BCUT2D eigenvalue weighted by atomic mass is 9.98. The molecule has 0 bridgehead atoms. The monoisotopic (exact) mass is 525 g/mol. The van der Waals surface area contributed by atoms with E-state index in [9.17, 15) is 4.79 Å². The number of nitrogens with zero attached hydrogens (tertiary/aromatic N) is 1. The highest BCUT2D eigenvalue weighted by molar-refractivity contribution is 5.70. The third kappa shape index (κ3) is 11.4. The zero-order valence-corrected chi connectivity index (χ0v) is 25.5. The van der Waals surface area contributed by atoms with Crippen molar-refractivity contribution in [3.05, 3.63) is 0 Å². The number of unbranched alkanes of at least 4 members (excludes halogenated alkanes) is 13. The SMILES string of the molecule is CCCCCCCCCCCCCCCC[C@H]1OC(C)(C)O[C@H]1[C@@H]1COC(C)(C)N1C(=O)OC(C)(C)C. The smallest absolute Gasteiger partial charge is 0.412 e. The van der Waals surface area contributed by atoms with Gasteiger partial charge in [-0.05, 0) is 54.9 Å².